The Morgan fingerprint density at radius 1 is 0.889 bits per heavy atom. The van der Waals surface area contributed by atoms with E-state index in [9.17, 15) is 5.11 Å². The van der Waals surface area contributed by atoms with Gasteiger partial charge in [-0.25, -0.2) is 0 Å². The molecule has 0 unspecified atom stereocenters. The van der Waals surface area contributed by atoms with Gasteiger partial charge < -0.3 is 5.11 Å². The molecule has 2 aliphatic rings. The molecule has 2 saturated carbocycles. The van der Waals surface area contributed by atoms with Crippen LogP contribution in [-0.4, -0.2) is 5.11 Å². The van der Waals surface area contributed by atoms with Gasteiger partial charge in [-0.15, -0.1) is 0 Å². The molecule has 1 nitrogen and oxygen atoms in total. The minimum atomic E-state index is 0.603. The predicted molar refractivity (Wildman–Crippen MR) is 75.3 cm³/mol. The second-order valence-corrected chi connectivity index (χ2v) is 6.20. The zero-order chi connectivity index (χ0) is 12.5. The molecule has 0 radical (unpaired) electrons. The topological polar surface area (TPSA) is 20.2 Å². The number of hydrogen-bond acceptors (Lipinski definition) is 1. The van der Waals surface area contributed by atoms with Crippen molar-refractivity contribution >= 4 is 0 Å². The fraction of sp³-hybridized carbons (Fsp3) is 0.647. The Kier molecular flexibility index (Phi) is 3.32. The highest BCUT2D eigenvalue weighted by Gasteiger charge is 2.28. The van der Waals surface area contributed by atoms with Crippen molar-refractivity contribution < 1.29 is 5.11 Å². The predicted octanol–water partition coefficient (Wildman–Crippen LogP) is 5.02. The third-order valence-corrected chi connectivity index (χ3v) is 5.01. The highest BCUT2D eigenvalue weighted by molar-refractivity contribution is 5.49. The SMILES string of the molecule is Cc1ccc(C2CCCC2)c(C2CCCC2)c1O. The van der Waals surface area contributed by atoms with Gasteiger partial charge in [-0.2, -0.15) is 0 Å². The maximum absolute atomic E-state index is 10.5. The zero-order valence-electron chi connectivity index (χ0n) is 11.4. The van der Waals surface area contributed by atoms with Gasteiger partial charge in [0.05, 0.1) is 0 Å². The Morgan fingerprint density at radius 3 is 2.06 bits per heavy atom. The van der Waals surface area contributed by atoms with Gasteiger partial charge >= 0.3 is 0 Å². The minimum absolute atomic E-state index is 0.603. The molecule has 1 heteroatoms. The van der Waals surface area contributed by atoms with Crippen LogP contribution in [0.1, 0.15) is 79.9 Å². The number of aromatic hydroxyl groups is 1. The number of hydrogen-bond donors (Lipinski definition) is 1. The lowest BCUT2D eigenvalue weighted by molar-refractivity contribution is 0.453. The van der Waals surface area contributed by atoms with Crippen LogP contribution in [0, 0.1) is 6.92 Å². The van der Waals surface area contributed by atoms with E-state index in [2.05, 4.69) is 12.1 Å². The van der Waals surface area contributed by atoms with Crippen LogP contribution in [0.15, 0.2) is 12.1 Å². The summed E-state index contributed by atoms with van der Waals surface area (Å²) >= 11 is 0. The average Bonchev–Trinajstić information content (AvgIpc) is 3.03. The number of rotatable bonds is 2. The van der Waals surface area contributed by atoms with Crippen molar-refractivity contribution in [1.29, 1.82) is 0 Å². The van der Waals surface area contributed by atoms with Gasteiger partial charge in [0.25, 0.3) is 0 Å². The third kappa shape index (κ3) is 2.04. The third-order valence-electron chi connectivity index (χ3n) is 5.01. The summed E-state index contributed by atoms with van der Waals surface area (Å²) in [7, 11) is 0. The fourth-order valence-corrected chi connectivity index (χ4v) is 3.97. The molecule has 2 aliphatic carbocycles. The first-order valence-electron chi connectivity index (χ1n) is 7.59. The van der Waals surface area contributed by atoms with Crippen molar-refractivity contribution in [1.82, 2.24) is 0 Å². The van der Waals surface area contributed by atoms with Gasteiger partial charge in [0, 0.05) is 5.56 Å². The van der Waals surface area contributed by atoms with Crippen LogP contribution in [0.3, 0.4) is 0 Å². The molecule has 18 heavy (non-hydrogen) atoms. The van der Waals surface area contributed by atoms with E-state index >= 15 is 0 Å². The summed E-state index contributed by atoms with van der Waals surface area (Å²) < 4.78 is 0. The molecule has 0 atom stereocenters. The molecule has 1 N–H and O–H groups in total. The lowest BCUT2D eigenvalue weighted by Gasteiger charge is -2.22. The standard InChI is InChI=1S/C17H24O/c1-12-10-11-15(13-6-2-3-7-13)16(17(12)18)14-8-4-5-9-14/h10-11,13-14,18H,2-9H2,1H3. The molecule has 0 aromatic heterocycles. The molecule has 98 valence electrons. The molecule has 1 aromatic rings. The van der Waals surface area contributed by atoms with Crippen molar-refractivity contribution in [2.24, 2.45) is 0 Å². The Morgan fingerprint density at radius 2 is 1.44 bits per heavy atom. The van der Waals surface area contributed by atoms with Crippen LogP contribution in [0.25, 0.3) is 0 Å². The lowest BCUT2D eigenvalue weighted by atomic mass is 9.84. The van der Waals surface area contributed by atoms with Crippen molar-refractivity contribution in [2.45, 2.75) is 70.1 Å². The van der Waals surface area contributed by atoms with E-state index in [4.69, 9.17) is 0 Å². The quantitative estimate of drug-likeness (QED) is 0.774. The van der Waals surface area contributed by atoms with E-state index in [1.54, 1.807) is 0 Å². The summed E-state index contributed by atoms with van der Waals surface area (Å²) in [5.41, 5.74) is 3.85. The van der Waals surface area contributed by atoms with E-state index < -0.39 is 0 Å². The fourth-order valence-electron chi connectivity index (χ4n) is 3.97. The smallest absolute Gasteiger partial charge is 0.122 e. The van der Waals surface area contributed by atoms with Crippen LogP contribution in [0.4, 0.5) is 0 Å². The number of benzene rings is 1. The molecular weight excluding hydrogens is 220 g/mol. The molecule has 0 bridgehead atoms. The van der Waals surface area contributed by atoms with Crippen LogP contribution in [0.5, 0.6) is 5.75 Å². The Hall–Kier alpha value is -0.980. The van der Waals surface area contributed by atoms with Gasteiger partial charge in [-0.3, -0.25) is 0 Å². The molecule has 2 fully saturated rings. The Labute approximate surface area is 110 Å². The largest absolute Gasteiger partial charge is 0.507 e. The van der Waals surface area contributed by atoms with Crippen molar-refractivity contribution in [3.8, 4) is 5.75 Å². The first kappa shape index (κ1) is 12.1. The molecule has 0 amide bonds. The molecular formula is C17H24O. The molecule has 0 saturated heterocycles. The molecule has 0 aliphatic heterocycles. The summed E-state index contributed by atoms with van der Waals surface area (Å²) in [6, 6.07) is 4.42. The van der Waals surface area contributed by atoms with Crippen molar-refractivity contribution in [2.75, 3.05) is 0 Å². The summed E-state index contributed by atoms with van der Waals surface area (Å²) in [6.07, 6.45) is 10.6. The maximum Gasteiger partial charge on any atom is 0.122 e. The molecule has 0 heterocycles. The van der Waals surface area contributed by atoms with Crippen molar-refractivity contribution in [3.63, 3.8) is 0 Å². The lowest BCUT2D eigenvalue weighted by Crippen LogP contribution is -2.04. The van der Waals surface area contributed by atoms with Gasteiger partial charge in [0.2, 0.25) is 0 Å². The van der Waals surface area contributed by atoms with Crippen LogP contribution >= 0.6 is 0 Å². The van der Waals surface area contributed by atoms with Crippen LogP contribution < -0.4 is 0 Å². The second-order valence-electron chi connectivity index (χ2n) is 6.20. The monoisotopic (exact) mass is 244 g/mol. The van der Waals surface area contributed by atoms with E-state index in [-0.39, 0.29) is 0 Å². The van der Waals surface area contributed by atoms with Gasteiger partial charge in [0.1, 0.15) is 5.75 Å². The van der Waals surface area contributed by atoms with Crippen molar-refractivity contribution in [3.05, 3.63) is 28.8 Å². The number of phenols is 1. The summed E-state index contributed by atoms with van der Waals surface area (Å²) in [4.78, 5) is 0. The summed E-state index contributed by atoms with van der Waals surface area (Å²) in [5, 5.41) is 10.5. The number of phenolic OH excluding ortho intramolecular Hbond substituents is 1. The van der Waals surface area contributed by atoms with Crippen LogP contribution in [-0.2, 0) is 0 Å². The summed E-state index contributed by atoms with van der Waals surface area (Å²) in [6.45, 7) is 2.03. The van der Waals surface area contributed by atoms with E-state index in [1.165, 1.54) is 62.5 Å². The van der Waals surface area contributed by atoms with Crippen LogP contribution in [0.2, 0.25) is 0 Å². The normalized spacial score (nSPS) is 21.8. The molecule has 1 aromatic carbocycles. The zero-order valence-corrected chi connectivity index (χ0v) is 11.4. The minimum Gasteiger partial charge on any atom is -0.507 e. The van der Waals surface area contributed by atoms with E-state index in [1.807, 2.05) is 6.92 Å². The van der Waals surface area contributed by atoms with Gasteiger partial charge in [-0.05, 0) is 55.6 Å². The average molecular weight is 244 g/mol. The highest BCUT2D eigenvalue weighted by atomic mass is 16.3. The van der Waals surface area contributed by atoms with Gasteiger partial charge in [0.15, 0.2) is 0 Å². The van der Waals surface area contributed by atoms with E-state index in [0.717, 1.165) is 5.56 Å². The van der Waals surface area contributed by atoms with E-state index in [0.29, 0.717) is 17.6 Å². The maximum atomic E-state index is 10.5. The first-order chi connectivity index (χ1) is 8.77. The highest BCUT2D eigenvalue weighted by Crippen LogP contribution is 2.46. The number of aryl methyl sites for hydroxylation is 1. The Balaban J connectivity index is 2.03. The Bertz CT molecular complexity index is 423. The molecule has 0 spiro atoms. The summed E-state index contributed by atoms with van der Waals surface area (Å²) in [5.74, 6) is 1.94. The van der Waals surface area contributed by atoms with Gasteiger partial charge in [-0.1, -0.05) is 37.8 Å². The first-order valence-corrected chi connectivity index (χ1v) is 7.59. The molecule has 3 rings (SSSR count). The second kappa shape index (κ2) is 4.95.